The van der Waals surface area contributed by atoms with Crippen LogP contribution in [0.3, 0.4) is 0 Å². The van der Waals surface area contributed by atoms with Crippen molar-refractivity contribution in [1.29, 1.82) is 0 Å². The Morgan fingerprint density at radius 3 is 2.76 bits per heavy atom. The fraction of sp³-hybridized carbons (Fsp3) is 0.417. The number of nitrogens with zero attached hydrogens (tertiary/aromatic N) is 1. The van der Waals surface area contributed by atoms with E-state index in [2.05, 4.69) is 15.9 Å². The summed E-state index contributed by atoms with van der Waals surface area (Å²) >= 11 is 3.45. The van der Waals surface area contributed by atoms with E-state index < -0.39 is 0 Å². The van der Waals surface area contributed by atoms with Gasteiger partial charge >= 0.3 is 0 Å². The maximum Gasteiger partial charge on any atom is 0.229 e. The molecule has 5 heteroatoms. The number of rotatable bonds is 3. The van der Waals surface area contributed by atoms with E-state index in [0.717, 1.165) is 22.3 Å². The zero-order valence-electron chi connectivity index (χ0n) is 9.77. The van der Waals surface area contributed by atoms with Crippen LogP contribution >= 0.6 is 15.9 Å². The maximum absolute atomic E-state index is 11.8. The number of amides is 1. The van der Waals surface area contributed by atoms with E-state index in [0.29, 0.717) is 6.42 Å². The Hall–Kier alpha value is -1.07. The average molecular weight is 300 g/mol. The zero-order chi connectivity index (χ0) is 12.4. The lowest BCUT2D eigenvalue weighted by Gasteiger charge is -2.24. The van der Waals surface area contributed by atoms with Gasteiger partial charge in [0.1, 0.15) is 12.0 Å². The first kappa shape index (κ1) is 12.4. The number of anilines is 1. The highest BCUT2D eigenvalue weighted by Crippen LogP contribution is 2.35. The predicted octanol–water partition coefficient (Wildman–Crippen LogP) is 2.56. The molecule has 1 fully saturated rings. The molecule has 1 heterocycles. The van der Waals surface area contributed by atoms with Crippen LogP contribution in [0.25, 0.3) is 0 Å². The molecule has 0 unspecified atom stereocenters. The first-order valence-electron chi connectivity index (χ1n) is 5.35. The van der Waals surface area contributed by atoms with Crippen LogP contribution in [-0.2, 0) is 9.53 Å². The van der Waals surface area contributed by atoms with Gasteiger partial charge in [-0.15, -0.1) is 0 Å². The summed E-state index contributed by atoms with van der Waals surface area (Å²) < 4.78 is 11.3. The Kier molecular flexibility index (Phi) is 3.69. The molecular weight excluding hydrogens is 286 g/mol. The third-order valence-electron chi connectivity index (χ3n) is 2.85. The van der Waals surface area contributed by atoms with Crippen LogP contribution in [0.15, 0.2) is 22.7 Å². The molecule has 0 bridgehead atoms. The number of carbonyl (C=O) groups excluding carboxylic acids is 1. The summed E-state index contributed by atoms with van der Waals surface area (Å²) in [5, 5.41) is 0. The van der Waals surface area contributed by atoms with Gasteiger partial charge in [-0.05, 0) is 34.1 Å². The van der Waals surface area contributed by atoms with Crippen molar-refractivity contribution in [1.82, 2.24) is 0 Å². The van der Waals surface area contributed by atoms with E-state index in [9.17, 15) is 4.79 Å². The SMILES string of the molecule is COc1ccc(N2C(=O)CC[C@H]2OC)c(Br)c1. The first-order chi connectivity index (χ1) is 8.17. The number of benzene rings is 1. The van der Waals surface area contributed by atoms with Crippen molar-refractivity contribution in [2.75, 3.05) is 19.1 Å². The lowest BCUT2D eigenvalue weighted by atomic mass is 10.2. The molecule has 0 saturated carbocycles. The molecule has 1 aromatic rings. The van der Waals surface area contributed by atoms with Gasteiger partial charge in [-0.2, -0.15) is 0 Å². The molecule has 1 aromatic carbocycles. The van der Waals surface area contributed by atoms with Gasteiger partial charge in [-0.3, -0.25) is 9.69 Å². The van der Waals surface area contributed by atoms with E-state index in [4.69, 9.17) is 9.47 Å². The van der Waals surface area contributed by atoms with E-state index in [1.165, 1.54) is 0 Å². The Balaban J connectivity index is 2.35. The fourth-order valence-electron chi connectivity index (χ4n) is 1.98. The molecule has 1 saturated heterocycles. The highest BCUT2D eigenvalue weighted by molar-refractivity contribution is 9.10. The number of methoxy groups -OCH3 is 2. The summed E-state index contributed by atoms with van der Waals surface area (Å²) in [6.45, 7) is 0. The van der Waals surface area contributed by atoms with E-state index in [1.54, 1.807) is 19.1 Å². The summed E-state index contributed by atoms with van der Waals surface area (Å²) in [5.41, 5.74) is 0.820. The molecule has 17 heavy (non-hydrogen) atoms. The largest absolute Gasteiger partial charge is 0.497 e. The minimum atomic E-state index is -0.174. The highest BCUT2D eigenvalue weighted by Gasteiger charge is 2.33. The van der Waals surface area contributed by atoms with Crippen molar-refractivity contribution < 1.29 is 14.3 Å². The van der Waals surface area contributed by atoms with Crippen molar-refractivity contribution in [3.63, 3.8) is 0 Å². The summed E-state index contributed by atoms with van der Waals surface area (Å²) in [7, 11) is 3.23. The molecule has 0 aliphatic carbocycles. The summed E-state index contributed by atoms with van der Waals surface area (Å²) in [5.74, 6) is 0.837. The molecule has 0 aromatic heterocycles. The molecule has 4 nitrogen and oxygen atoms in total. The van der Waals surface area contributed by atoms with Gasteiger partial charge in [-0.25, -0.2) is 0 Å². The van der Waals surface area contributed by atoms with E-state index in [-0.39, 0.29) is 12.1 Å². The van der Waals surface area contributed by atoms with Crippen LogP contribution in [0.5, 0.6) is 5.75 Å². The lowest BCUT2D eigenvalue weighted by Crippen LogP contribution is -2.34. The first-order valence-corrected chi connectivity index (χ1v) is 6.15. The highest BCUT2D eigenvalue weighted by atomic mass is 79.9. The lowest BCUT2D eigenvalue weighted by molar-refractivity contribution is -0.117. The molecule has 1 amide bonds. The Bertz CT molecular complexity index is 436. The van der Waals surface area contributed by atoms with Crippen LogP contribution in [0.1, 0.15) is 12.8 Å². The van der Waals surface area contributed by atoms with Crippen molar-refractivity contribution in [2.24, 2.45) is 0 Å². The smallest absolute Gasteiger partial charge is 0.229 e. The minimum Gasteiger partial charge on any atom is -0.497 e. The summed E-state index contributed by atoms with van der Waals surface area (Å²) in [6.07, 6.45) is 1.08. The second-order valence-electron chi connectivity index (χ2n) is 3.81. The van der Waals surface area contributed by atoms with Crippen LogP contribution in [-0.4, -0.2) is 26.4 Å². The molecule has 1 aliphatic rings. The van der Waals surface area contributed by atoms with Gasteiger partial charge in [0.2, 0.25) is 5.91 Å². The fourth-order valence-corrected chi connectivity index (χ4v) is 2.53. The molecule has 2 rings (SSSR count). The number of halogens is 1. The summed E-state index contributed by atoms with van der Waals surface area (Å²) in [6, 6.07) is 5.53. The van der Waals surface area contributed by atoms with Gasteiger partial charge in [0, 0.05) is 24.4 Å². The quantitative estimate of drug-likeness (QED) is 0.861. The maximum atomic E-state index is 11.8. The van der Waals surface area contributed by atoms with Gasteiger partial charge in [0.15, 0.2) is 0 Å². The van der Waals surface area contributed by atoms with E-state index in [1.807, 2.05) is 18.2 Å². The van der Waals surface area contributed by atoms with Crippen molar-refractivity contribution in [2.45, 2.75) is 19.1 Å². The standard InChI is InChI=1S/C12H14BrNO3/c1-16-8-3-4-10(9(13)7-8)14-11(15)5-6-12(14)17-2/h3-4,7,12H,5-6H2,1-2H3/t12-/m1/s1. The van der Waals surface area contributed by atoms with Crippen LogP contribution in [0, 0.1) is 0 Å². The topological polar surface area (TPSA) is 38.8 Å². The molecule has 0 N–H and O–H groups in total. The Labute approximate surface area is 109 Å². The van der Waals surface area contributed by atoms with Crippen molar-refractivity contribution >= 4 is 27.5 Å². The summed E-state index contributed by atoms with van der Waals surface area (Å²) in [4.78, 5) is 13.5. The van der Waals surface area contributed by atoms with Crippen molar-refractivity contribution in [3.8, 4) is 5.75 Å². The molecular formula is C12H14BrNO3. The predicted molar refractivity (Wildman–Crippen MR) is 68.2 cm³/mol. The van der Waals surface area contributed by atoms with Gasteiger partial charge in [-0.1, -0.05) is 0 Å². The van der Waals surface area contributed by atoms with Crippen LogP contribution < -0.4 is 9.64 Å². The monoisotopic (exact) mass is 299 g/mol. The third kappa shape index (κ3) is 2.30. The van der Waals surface area contributed by atoms with Crippen LogP contribution in [0.2, 0.25) is 0 Å². The molecule has 0 radical (unpaired) electrons. The Morgan fingerprint density at radius 1 is 1.41 bits per heavy atom. The molecule has 0 spiro atoms. The second-order valence-corrected chi connectivity index (χ2v) is 4.66. The van der Waals surface area contributed by atoms with Gasteiger partial charge < -0.3 is 9.47 Å². The average Bonchev–Trinajstić information content (AvgIpc) is 2.70. The van der Waals surface area contributed by atoms with E-state index >= 15 is 0 Å². The minimum absolute atomic E-state index is 0.0858. The number of hydrogen-bond donors (Lipinski definition) is 0. The number of carbonyl (C=O) groups is 1. The third-order valence-corrected chi connectivity index (χ3v) is 3.48. The zero-order valence-corrected chi connectivity index (χ0v) is 11.4. The normalized spacial score (nSPS) is 19.8. The molecule has 1 atom stereocenters. The van der Waals surface area contributed by atoms with Crippen LogP contribution in [0.4, 0.5) is 5.69 Å². The second kappa shape index (κ2) is 5.06. The Morgan fingerprint density at radius 2 is 2.18 bits per heavy atom. The molecule has 92 valence electrons. The van der Waals surface area contributed by atoms with Gasteiger partial charge in [0.05, 0.1) is 12.8 Å². The van der Waals surface area contributed by atoms with Gasteiger partial charge in [0.25, 0.3) is 0 Å². The molecule has 1 aliphatic heterocycles. The number of ether oxygens (including phenoxy) is 2. The van der Waals surface area contributed by atoms with Crippen molar-refractivity contribution in [3.05, 3.63) is 22.7 Å². The number of hydrogen-bond acceptors (Lipinski definition) is 3.